The molecule has 3 N–H and O–H groups in total. The van der Waals surface area contributed by atoms with Crippen molar-refractivity contribution >= 4 is 17.4 Å². The number of aromatic nitrogens is 3. The summed E-state index contributed by atoms with van der Waals surface area (Å²) in [5.74, 6) is 0.827. The largest absolute Gasteiger partial charge is 0.489 e. The van der Waals surface area contributed by atoms with Crippen LogP contribution in [0.25, 0.3) is 0 Å². The molecule has 0 radical (unpaired) electrons. The highest BCUT2D eigenvalue weighted by Gasteiger charge is 2.26. The Morgan fingerprint density at radius 3 is 2.51 bits per heavy atom. The van der Waals surface area contributed by atoms with Gasteiger partial charge in [0.05, 0.1) is 11.3 Å². The van der Waals surface area contributed by atoms with Crippen molar-refractivity contribution in [1.29, 1.82) is 0 Å². The molecule has 10 heteroatoms. The van der Waals surface area contributed by atoms with Crippen molar-refractivity contribution in [3.63, 3.8) is 0 Å². The second-order valence-corrected chi connectivity index (χ2v) is 9.43. The Labute approximate surface area is 203 Å². The molecular formula is C25H33N5O5. The monoisotopic (exact) mass is 483 g/mol. The molecule has 0 spiro atoms. The lowest BCUT2D eigenvalue weighted by molar-refractivity contribution is 0.0983. The minimum absolute atomic E-state index is 0.0298. The molecule has 1 aromatic carbocycles. The van der Waals surface area contributed by atoms with E-state index in [9.17, 15) is 14.4 Å². The summed E-state index contributed by atoms with van der Waals surface area (Å²) >= 11 is 0. The van der Waals surface area contributed by atoms with Crippen LogP contribution in [0.1, 0.15) is 55.1 Å². The summed E-state index contributed by atoms with van der Waals surface area (Å²) in [7, 11) is 0. The van der Waals surface area contributed by atoms with E-state index in [0.717, 1.165) is 11.3 Å². The van der Waals surface area contributed by atoms with E-state index >= 15 is 0 Å². The van der Waals surface area contributed by atoms with Crippen molar-refractivity contribution in [3.8, 4) is 5.75 Å². The van der Waals surface area contributed by atoms with Crippen molar-refractivity contribution in [2.24, 2.45) is 11.8 Å². The minimum Gasteiger partial charge on any atom is -0.489 e. The van der Waals surface area contributed by atoms with Gasteiger partial charge < -0.3 is 19.9 Å². The third-order valence-corrected chi connectivity index (χ3v) is 5.47. The standard InChI is InChI=1S/C25H33N5O5/c1-14(2)11-29(21-22(26)30(12-15(3)4)25(33)27-23(21)31)24(32)18-8-7-9-19(10-18)34-13-20-16(5)28-35-17(20)6/h7-10,14-15H,11-13,26H2,1-6H3,(H,27,31,33). The third kappa shape index (κ3) is 5.82. The van der Waals surface area contributed by atoms with Gasteiger partial charge in [0.25, 0.3) is 11.5 Å². The first-order valence-electron chi connectivity index (χ1n) is 11.6. The van der Waals surface area contributed by atoms with E-state index in [1.807, 2.05) is 41.5 Å². The van der Waals surface area contributed by atoms with E-state index in [2.05, 4.69) is 10.1 Å². The molecule has 0 aliphatic rings. The number of carbonyl (C=O) groups excluding carboxylic acids is 1. The van der Waals surface area contributed by atoms with Gasteiger partial charge in [0.1, 0.15) is 23.9 Å². The molecule has 0 bridgehead atoms. The zero-order chi connectivity index (χ0) is 25.9. The maximum Gasteiger partial charge on any atom is 0.330 e. The van der Waals surface area contributed by atoms with Gasteiger partial charge in [-0.1, -0.05) is 38.9 Å². The van der Waals surface area contributed by atoms with Gasteiger partial charge in [0.2, 0.25) is 0 Å². The highest BCUT2D eigenvalue weighted by Crippen LogP contribution is 2.24. The van der Waals surface area contributed by atoms with Crippen molar-refractivity contribution < 1.29 is 14.1 Å². The zero-order valence-corrected chi connectivity index (χ0v) is 21.0. The zero-order valence-electron chi connectivity index (χ0n) is 21.0. The number of nitrogens with zero attached hydrogens (tertiary/aromatic N) is 3. The van der Waals surface area contributed by atoms with Crippen LogP contribution in [-0.4, -0.2) is 27.2 Å². The average Bonchev–Trinajstić information content (AvgIpc) is 3.10. The Balaban J connectivity index is 1.98. The lowest BCUT2D eigenvalue weighted by Gasteiger charge is -2.26. The Morgan fingerprint density at radius 1 is 1.20 bits per heavy atom. The predicted octanol–water partition coefficient (Wildman–Crippen LogP) is 3.26. The summed E-state index contributed by atoms with van der Waals surface area (Å²) in [6.07, 6.45) is 0. The van der Waals surface area contributed by atoms with Gasteiger partial charge >= 0.3 is 5.69 Å². The molecule has 0 aliphatic carbocycles. The molecular weight excluding hydrogens is 450 g/mol. The van der Waals surface area contributed by atoms with Gasteiger partial charge in [0, 0.05) is 18.7 Å². The Hall–Kier alpha value is -3.82. The first-order valence-corrected chi connectivity index (χ1v) is 11.6. The van der Waals surface area contributed by atoms with Gasteiger partial charge in [-0.2, -0.15) is 0 Å². The number of anilines is 2. The molecule has 35 heavy (non-hydrogen) atoms. The average molecular weight is 484 g/mol. The van der Waals surface area contributed by atoms with Crippen LogP contribution in [0.4, 0.5) is 11.5 Å². The topological polar surface area (TPSA) is 136 Å². The van der Waals surface area contributed by atoms with Crippen LogP contribution in [0.15, 0.2) is 38.4 Å². The summed E-state index contributed by atoms with van der Waals surface area (Å²) in [6.45, 7) is 12.1. The Morgan fingerprint density at radius 2 is 1.91 bits per heavy atom. The van der Waals surface area contributed by atoms with Gasteiger partial charge in [-0.15, -0.1) is 0 Å². The predicted molar refractivity (Wildman–Crippen MR) is 134 cm³/mol. The molecule has 0 saturated heterocycles. The molecule has 2 heterocycles. The summed E-state index contributed by atoms with van der Waals surface area (Å²) in [4.78, 5) is 42.5. The fourth-order valence-corrected chi connectivity index (χ4v) is 3.76. The first-order chi connectivity index (χ1) is 16.5. The fraction of sp³-hybridized carbons (Fsp3) is 0.440. The van der Waals surface area contributed by atoms with Crippen molar-refractivity contribution in [1.82, 2.24) is 14.7 Å². The Kier molecular flexibility index (Phi) is 7.83. The number of hydrogen-bond donors (Lipinski definition) is 2. The number of aromatic amines is 1. The SMILES string of the molecule is Cc1noc(C)c1COc1cccc(C(=O)N(CC(C)C)c2c(N)n(CC(C)C)c(=O)[nH]c2=O)c1. The molecule has 2 aromatic heterocycles. The van der Waals surface area contributed by atoms with Crippen LogP contribution in [0.3, 0.4) is 0 Å². The number of H-pyrrole nitrogens is 1. The van der Waals surface area contributed by atoms with Crippen LogP contribution in [-0.2, 0) is 13.2 Å². The molecule has 1 amide bonds. The number of ether oxygens (including phenoxy) is 1. The van der Waals surface area contributed by atoms with E-state index in [-0.39, 0.29) is 36.5 Å². The van der Waals surface area contributed by atoms with Crippen LogP contribution in [0.5, 0.6) is 5.75 Å². The second-order valence-electron chi connectivity index (χ2n) is 9.43. The number of rotatable bonds is 9. The highest BCUT2D eigenvalue weighted by molar-refractivity contribution is 6.07. The molecule has 188 valence electrons. The molecule has 3 rings (SSSR count). The van der Waals surface area contributed by atoms with Crippen molar-refractivity contribution in [3.05, 3.63) is 67.7 Å². The van der Waals surface area contributed by atoms with E-state index in [1.165, 1.54) is 9.47 Å². The number of hydrogen-bond acceptors (Lipinski definition) is 7. The summed E-state index contributed by atoms with van der Waals surface area (Å²) < 4.78 is 12.4. The summed E-state index contributed by atoms with van der Waals surface area (Å²) in [6, 6.07) is 6.71. The van der Waals surface area contributed by atoms with Crippen molar-refractivity contribution in [2.45, 2.75) is 54.7 Å². The number of benzene rings is 1. The number of nitrogens with one attached hydrogen (secondary N) is 1. The van der Waals surface area contributed by atoms with Gasteiger partial charge in [-0.3, -0.25) is 19.1 Å². The second kappa shape index (κ2) is 10.6. The van der Waals surface area contributed by atoms with Gasteiger partial charge in [-0.05, 0) is 43.9 Å². The number of aryl methyl sites for hydroxylation is 2. The van der Waals surface area contributed by atoms with E-state index in [4.69, 9.17) is 15.0 Å². The number of amides is 1. The van der Waals surface area contributed by atoms with Crippen LogP contribution in [0.2, 0.25) is 0 Å². The Bertz CT molecular complexity index is 1300. The smallest absolute Gasteiger partial charge is 0.330 e. The molecule has 0 unspecified atom stereocenters. The van der Waals surface area contributed by atoms with E-state index in [0.29, 0.717) is 23.6 Å². The highest BCUT2D eigenvalue weighted by atomic mass is 16.5. The number of carbonyl (C=O) groups is 1. The van der Waals surface area contributed by atoms with E-state index < -0.39 is 17.2 Å². The van der Waals surface area contributed by atoms with Gasteiger partial charge in [0.15, 0.2) is 5.69 Å². The quantitative estimate of drug-likeness (QED) is 0.477. The van der Waals surface area contributed by atoms with Crippen LogP contribution in [0, 0.1) is 25.7 Å². The molecule has 10 nitrogen and oxygen atoms in total. The lowest BCUT2D eigenvalue weighted by atomic mass is 10.1. The van der Waals surface area contributed by atoms with E-state index in [1.54, 1.807) is 24.3 Å². The van der Waals surface area contributed by atoms with Crippen LogP contribution < -0.4 is 26.6 Å². The summed E-state index contributed by atoms with van der Waals surface area (Å²) in [5, 5.41) is 3.92. The molecule has 3 aromatic rings. The molecule has 0 aliphatic heterocycles. The molecule has 0 atom stereocenters. The third-order valence-electron chi connectivity index (χ3n) is 5.47. The molecule has 0 saturated carbocycles. The summed E-state index contributed by atoms with van der Waals surface area (Å²) in [5.41, 5.74) is 6.86. The fourth-order valence-electron chi connectivity index (χ4n) is 3.76. The maximum atomic E-state index is 13.6. The molecule has 0 fully saturated rings. The minimum atomic E-state index is -0.702. The normalized spacial score (nSPS) is 11.3. The van der Waals surface area contributed by atoms with Crippen LogP contribution >= 0.6 is 0 Å². The maximum absolute atomic E-state index is 13.6. The van der Waals surface area contributed by atoms with Gasteiger partial charge in [-0.25, -0.2) is 4.79 Å². The number of nitrogen functional groups attached to an aromatic ring is 1. The first kappa shape index (κ1) is 25.8. The van der Waals surface area contributed by atoms with Crippen molar-refractivity contribution in [2.75, 3.05) is 17.2 Å². The number of nitrogens with two attached hydrogens (primary N) is 1. The lowest BCUT2D eigenvalue weighted by Crippen LogP contribution is -2.43.